The van der Waals surface area contributed by atoms with Crippen molar-refractivity contribution in [2.24, 2.45) is 21.4 Å². The van der Waals surface area contributed by atoms with Gasteiger partial charge in [-0.2, -0.15) is 5.10 Å². The summed E-state index contributed by atoms with van der Waals surface area (Å²) < 4.78 is 5.75. The number of hydrogen-bond donors (Lipinski definition) is 1. The highest BCUT2D eigenvalue weighted by atomic mass is 16.5. The van der Waals surface area contributed by atoms with Gasteiger partial charge in [-0.25, -0.2) is 0 Å². The number of nitrogens with two attached hydrogens (primary N) is 1. The number of aliphatic imine (C=N–C) groups is 1. The van der Waals surface area contributed by atoms with Gasteiger partial charge in [0.05, 0.1) is 12.6 Å². The molecule has 6 heteroatoms. The van der Waals surface area contributed by atoms with Crippen molar-refractivity contribution >= 4 is 17.6 Å². The third kappa shape index (κ3) is 4.64. The van der Waals surface area contributed by atoms with Gasteiger partial charge in [0.15, 0.2) is 0 Å². The summed E-state index contributed by atoms with van der Waals surface area (Å²) in [5, 5.41) is 4.00. The first-order valence-corrected chi connectivity index (χ1v) is 11.0. The second kappa shape index (κ2) is 8.84. The fraction of sp³-hybridized carbons (Fsp3) is 0.652. The van der Waals surface area contributed by atoms with Gasteiger partial charge in [-0.05, 0) is 69.2 Å². The second-order valence-electron chi connectivity index (χ2n) is 9.16. The van der Waals surface area contributed by atoms with E-state index in [1.54, 1.807) is 6.21 Å². The maximum atomic E-state index is 5.75. The van der Waals surface area contributed by atoms with Crippen molar-refractivity contribution in [2.75, 3.05) is 51.3 Å². The Morgan fingerprint density at radius 3 is 2.69 bits per heavy atom. The number of anilines is 1. The maximum absolute atomic E-state index is 5.75. The zero-order chi connectivity index (χ0) is 20.3. The van der Waals surface area contributed by atoms with E-state index in [1.807, 2.05) is 0 Å². The van der Waals surface area contributed by atoms with Gasteiger partial charge < -0.3 is 20.4 Å². The van der Waals surface area contributed by atoms with E-state index in [2.05, 4.69) is 52.1 Å². The first kappa shape index (κ1) is 20.4. The topological polar surface area (TPSA) is 66.5 Å². The smallest absolute Gasteiger partial charge is 0.108 e. The van der Waals surface area contributed by atoms with Crippen LogP contribution in [-0.4, -0.2) is 69.3 Å². The highest BCUT2D eigenvalue weighted by Crippen LogP contribution is 2.40. The predicted molar refractivity (Wildman–Crippen MR) is 120 cm³/mol. The monoisotopic (exact) mass is 397 g/mol. The molecule has 3 fully saturated rings. The molecule has 3 heterocycles. The number of benzene rings is 1. The van der Waals surface area contributed by atoms with Crippen LogP contribution in [0.1, 0.15) is 43.2 Å². The van der Waals surface area contributed by atoms with Crippen LogP contribution in [0.3, 0.4) is 0 Å². The molecule has 0 aromatic heterocycles. The number of aryl methyl sites for hydroxylation is 1. The third-order valence-corrected chi connectivity index (χ3v) is 6.82. The van der Waals surface area contributed by atoms with E-state index in [-0.39, 0.29) is 6.10 Å². The molecule has 6 nitrogen and oxygen atoms in total. The SMILES string of the molecule is Cc1cc(N2CCC3(CC2)CN(C)C3)ccc1/C(C=NCC1CCCCO1)=N/N. The standard InChI is InChI=1S/C23H35N5O/c1-18-13-19(28-10-8-23(9-11-28)16-27(2)17-23)6-7-21(18)22(26-24)15-25-14-20-5-3-4-12-29-20/h6-7,13,15,20H,3-5,8-12,14,16-17,24H2,1-2H3/b25-15?,26-22+. The highest BCUT2D eigenvalue weighted by Gasteiger charge is 2.43. The molecular weight excluding hydrogens is 362 g/mol. The van der Waals surface area contributed by atoms with E-state index < -0.39 is 0 Å². The number of nitrogens with zero attached hydrogens (tertiary/aromatic N) is 4. The highest BCUT2D eigenvalue weighted by molar-refractivity contribution is 6.38. The lowest BCUT2D eigenvalue weighted by atomic mass is 9.72. The molecule has 2 N–H and O–H groups in total. The summed E-state index contributed by atoms with van der Waals surface area (Å²) in [6.07, 6.45) is 8.11. The van der Waals surface area contributed by atoms with E-state index in [0.717, 1.165) is 43.8 Å². The molecule has 1 spiro atoms. The van der Waals surface area contributed by atoms with Gasteiger partial charge in [-0.15, -0.1) is 0 Å². The quantitative estimate of drug-likeness (QED) is 0.471. The molecule has 3 aliphatic rings. The molecule has 1 atom stereocenters. The normalized spacial score (nSPS) is 25.5. The van der Waals surface area contributed by atoms with E-state index in [4.69, 9.17) is 10.6 Å². The van der Waals surface area contributed by atoms with Crippen molar-refractivity contribution in [2.45, 2.75) is 45.1 Å². The molecule has 0 bridgehead atoms. The Bertz CT molecular complexity index is 753. The molecule has 29 heavy (non-hydrogen) atoms. The lowest BCUT2D eigenvalue weighted by Gasteiger charge is -2.53. The summed E-state index contributed by atoms with van der Waals surface area (Å²) in [4.78, 5) is 9.52. The summed E-state index contributed by atoms with van der Waals surface area (Å²) in [6, 6.07) is 6.61. The van der Waals surface area contributed by atoms with Crippen molar-refractivity contribution < 1.29 is 4.74 Å². The minimum absolute atomic E-state index is 0.236. The molecule has 1 unspecified atom stereocenters. The summed E-state index contributed by atoms with van der Waals surface area (Å²) in [5.74, 6) is 5.69. The van der Waals surface area contributed by atoms with Crippen molar-refractivity contribution in [3.8, 4) is 0 Å². The molecule has 1 aromatic rings. The van der Waals surface area contributed by atoms with Crippen molar-refractivity contribution in [1.82, 2.24) is 4.90 Å². The van der Waals surface area contributed by atoms with Crippen molar-refractivity contribution in [1.29, 1.82) is 0 Å². The molecular formula is C23H35N5O. The largest absolute Gasteiger partial charge is 0.376 e. The minimum atomic E-state index is 0.236. The lowest BCUT2D eigenvalue weighted by Crippen LogP contribution is -2.58. The molecule has 0 radical (unpaired) electrons. The molecule has 1 aromatic carbocycles. The Labute approximate surface area is 174 Å². The Balaban J connectivity index is 1.37. The Morgan fingerprint density at radius 1 is 1.28 bits per heavy atom. The van der Waals surface area contributed by atoms with Crippen LogP contribution < -0.4 is 10.7 Å². The van der Waals surface area contributed by atoms with Gasteiger partial charge in [0.25, 0.3) is 0 Å². The molecule has 158 valence electrons. The number of likely N-dealkylation sites (tertiary alicyclic amines) is 1. The van der Waals surface area contributed by atoms with E-state index >= 15 is 0 Å². The van der Waals surface area contributed by atoms with Gasteiger partial charge in [0.1, 0.15) is 5.71 Å². The average molecular weight is 398 g/mol. The summed E-state index contributed by atoms with van der Waals surface area (Å²) >= 11 is 0. The van der Waals surface area contributed by atoms with Crippen molar-refractivity contribution in [3.05, 3.63) is 29.3 Å². The minimum Gasteiger partial charge on any atom is -0.376 e. The molecule has 0 aliphatic carbocycles. The summed E-state index contributed by atoms with van der Waals surface area (Å²) in [5.41, 5.74) is 4.87. The summed E-state index contributed by atoms with van der Waals surface area (Å²) in [7, 11) is 2.22. The second-order valence-corrected chi connectivity index (χ2v) is 9.16. The zero-order valence-electron chi connectivity index (χ0n) is 17.9. The first-order valence-electron chi connectivity index (χ1n) is 11.0. The van der Waals surface area contributed by atoms with Crippen LogP contribution in [-0.2, 0) is 4.74 Å². The molecule has 0 amide bonds. The zero-order valence-corrected chi connectivity index (χ0v) is 17.9. The predicted octanol–water partition coefficient (Wildman–Crippen LogP) is 2.83. The van der Waals surface area contributed by atoms with Gasteiger partial charge in [0, 0.05) is 50.3 Å². The summed E-state index contributed by atoms with van der Waals surface area (Å²) in [6.45, 7) is 8.49. The van der Waals surface area contributed by atoms with E-state index in [0.29, 0.717) is 12.0 Å². The van der Waals surface area contributed by atoms with Gasteiger partial charge >= 0.3 is 0 Å². The van der Waals surface area contributed by atoms with Crippen LogP contribution >= 0.6 is 0 Å². The number of hydrogen-bond acceptors (Lipinski definition) is 6. The van der Waals surface area contributed by atoms with E-state index in [9.17, 15) is 0 Å². The van der Waals surface area contributed by atoms with Crippen LogP contribution in [0.25, 0.3) is 0 Å². The van der Waals surface area contributed by atoms with Gasteiger partial charge in [-0.1, -0.05) is 6.07 Å². The Kier molecular flexibility index (Phi) is 6.20. The average Bonchev–Trinajstić information content (AvgIpc) is 2.72. The Morgan fingerprint density at radius 2 is 2.07 bits per heavy atom. The maximum Gasteiger partial charge on any atom is 0.108 e. The third-order valence-electron chi connectivity index (χ3n) is 6.82. The first-order chi connectivity index (χ1) is 14.1. The number of hydrazone groups is 1. The van der Waals surface area contributed by atoms with Gasteiger partial charge in [0.2, 0.25) is 0 Å². The number of ether oxygens (including phenoxy) is 1. The molecule has 4 rings (SSSR count). The van der Waals surface area contributed by atoms with Crippen LogP contribution in [0.15, 0.2) is 28.3 Å². The van der Waals surface area contributed by atoms with Crippen LogP contribution in [0.2, 0.25) is 0 Å². The van der Waals surface area contributed by atoms with Crippen LogP contribution in [0.4, 0.5) is 5.69 Å². The number of piperidine rings is 1. The fourth-order valence-electron chi connectivity index (χ4n) is 5.17. The lowest BCUT2D eigenvalue weighted by molar-refractivity contribution is 0.00132. The molecule has 3 saturated heterocycles. The van der Waals surface area contributed by atoms with Gasteiger partial charge in [-0.3, -0.25) is 4.99 Å². The van der Waals surface area contributed by atoms with Crippen molar-refractivity contribution in [3.63, 3.8) is 0 Å². The van der Waals surface area contributed by atoms with Crippen LogP contribution in [0.5, 0.6) is 0 Å². The molecule has 0 saturated carbocycles. The van der Waals surface area contributed by atoms with Crippen LogP contribution in [0, 0.1) is 12.3 Å². The fourth-order valence-corrected chi connectivity index (χ4v) is 5.17. The molecule has 3 aliphatic heterocycles. The Hall–Kier alpha value is -1.92. The van der Waals surface area contributed by atoms with E-state index in [1.165, 1.54) is 43.6 Å². The number of rotatable bonds is 5.